The Morgan fingerprint density at radius 2 is 1.90 bits per heavy atom. The van der Waals surface area contributed by atoms with Gasteiger partial charge < -0.3 is 0 Å². The van der Waals surface area contributed by atoms with E-state index < -0.39 is 0 Å². The Labute approximate surface area is 82.7 Å². The van der Waals surface area contributed by atoms with Crippen LogP contribution in [-0.2, 0) is 0 Å². The fourth-order valence-corrected chi connectivity index (χ4v) is 2.00. The van der Waals surface area contributed by atoms with E-state index in [2.05, 4.69) is 44.5 Å². The van der Waals surface area contributed by atoms with E-state index >= 15 is 0 Å². The van der Waals surface area contributed by atoms with Gasteiger partial charge in [-0.15, -0.1) is 12.6 Å². The van der Waals surface area contributed by atoms with E-state index in [1.807, 2.05) is 19.1 Å². The van der Waals surface area contributed by atoms with Gasteiger partial charge in [0, 0.05) is 13.8 Å². The maximum absolute atomic E-state index is 4.22. The predicted molar refractivity (Wildman–Crippen MR) is 53.8 cm³/mol. The Morgan fingerprint density at radius 3 is 2.40 bits per heavy atom. The lowest BCUT2D eigenvalue weighted by molar-refractivity contribution is 1.32. The first-order valence-corrected chi connectivity index (χ1v) is 4.79. The number of hydrogen-bond acceptors (Lipinski definition) is 1. The van der Waals surface area contributed by atoms with Gasteiger partial charge in [-0.2, -0.15) is 0 Å². The van der Waals surface area contributed by atoms with Crippen LogP contribution >= 0.6 is 44.5 Å². The number of aryl methyl sites for hydroxylation is 1. The third-order valence-electron chi connectivity index (χ3n) is 1.19. The maximum atomic E-state index is 4.22. The van der Waals surface area contributed by atoms with Crippen LogP contribution in [0.5, 0.6) is 0 Å². The second-order valence-corrected chi connectivity index (χ2v) is 4.22. The smallest absolute Gasteiger partial charge is 0.0347 e. The van der Waals surface area contributed by atoms with Gasteiger partial charge >= 0.3 is 0 Å². The molecule has 1 rings (SSSR count). The van der Waals surface area contributed by atoms with E-state index in [-0.39, 0.29) is 0 Å². The van der Waals surface area contributed by atoms with Crippen LogP contribution in [0.3, 0.4) is 0 Å². The van der Waals surface area contributed by atoms with Crippen molar-refractivity contribution in [3.05, 3.63) is 26.6 Å². The minimum absolute atomic E-state index is 0.979. The highest BCUT2D eigenvalue weighted by molar-refractivity contribution is 9.13. The normalized spacial score (nSPS) is 10.0. The standard InChI is InChI=1S/C7H6Br2S/c1-4-2-5(10)3-6(8)7(4)9/h2-3,10H,1H3. The molecule has 0 atom stereocenters. The number of rotatable bonds is 0. The molecule has 0 saturated heterocycles. The topological polar surface area (TPSA) is 0 Å². The lowest BCUT2D eigenvalue weighted by Gasteiger charge is -2.01. The summed E-state index contributed by atoms with van der Waals surface area (Å²) >= 11 is 11.1. The molecule has 0 amide bonds. The SMILES string of the molecule is Cc1cc(S)cc(Br)c1Br. The minimum atomic E-state index is 0.979. The second kappa shape index (κ2) is 3.28. The van der Waals surface area contributed by atoms with Crippen LogP contribution in [0, 0.1) is 6.92 Å². The molecular weight excluding hydrogens is 276 g/mol. The highest BCUT2D eigenvalue weighted by Crippen LogP contribution is 2.28. The van der Waals surface area contributed by atoms with Crippen molar-refractivity contribution in [3.8, 4) is 0 Å². The van der Waals surface area contributed by atoms with Gasteiger partial charge in [-0.1, -0.05) is 0 Å². The summed E-state index contributed by atoms with van der Waals surface area (Å²) < 4.78 is 2.16. The highest BCUT2D eigenvalue weighted by Gasteiger charge is 1.99. The summed E-state index contributed by atoms with van der Waals surface area (Å²) in [5, 5.41) is 0. The van der Waals surface area contributed by atoms with Gasteiger partial charge in [0.1, 0.15) is 0 Å². The fourth-order valence-electron chi connectivity index (χ4n) is 0.708. The molecule has 10 heavy (non-hydrogen) atoms. The van der Waals surface area contributed by atoms with Gasteiger partial charge in [0.2, 0.25) is 0 Å². The zero-order valence-electron chi connectivity index (χ0n) is 5.36. The quantitative estimate of drug-likeness (QED) is 0.687. The molecule has 1 aromatic rings. The Bertz CT molecular complexity index is 235. The minimum Gasteiger partial charge on any atom is -0.143 e. The molecule has 0 aliphatic carbocycles. The zero-order chi connectivity index (χ0) is 7.72. The van der Waals surface area contributed by atoms with E-state index in [0.717, 1.165) is 13.8 Å². The van der Waals surface area contributed by atoms with Gasteiger partial charge in [0.25, 0.3) is 0 Å². The second-order valence-electron chi connectivity index (χ2n) is 2.06. The third-order valence-corrected chi connectivity index (χ3v) is 3.66. The molecule has 0 N–H and O–H groups in total. The van der Waals surface area contributed by atoms with E-state index in [9.17, 15) is 0 Å². The number of benzene rings is 1. The number of hydrogen-bond donors (Lipinski definition) is 1. The molecule has 54 valence electrons. The van der Waals surface area contributed by atoms with Gasteiger partial charge in [0.15, 0.2) is 0 Å². The number of thiol groups is 1. The Hall–Kier alpha value is 0.530. The van der Waals surface area contributed by atoms with Gasteiger partial charge in [0.05, 0.1) is 0 Å². The van der Waals surface area contributed by atoms with E-state index in [4.69, 9.17) is 0 Å². The average Bonchev–Trinajstić information content (AvgIpc) is 1.82. The van der Waals surface area contributed by atoms with Crippen molar-refractivity contribution in [1.29, 1.82) is 0 Å². The van der Waals surface area contributed by atoms with Crippen molar-refractivity contribution in [2.24, 2.45) is 0 Å². The molecule has 0 nitrogen and oxygen atoms in total. The van der Waals surface area contributed by atoms with Crippen LogP contribution in [0.15, 0.2) is 26.0 Å². The first-order valence-electron chi connectivity index (χ1n) is 2.76. The third kappa shape index (κ3) is 1.77. The molecule has 0 saturated carbocycles. The van der Waals surface area contributed by atoms with Crippen LogP contribution in [0.25, 0.3) is 0 Å². The Kier molecular flexibility index (Phi) is 2.83. The molecule has 0 unspecified atom stereocenters. The Morgan fingerprint density at radius 1 is 1.30 bits per heavy atom. The van der Waals surface area contributed by atoms with Crippen LogP contribution in [0.1, 0.15) is 5.56 Å². The Balaban J connectivity index is 3.31. The molecular formula is C7H6Br2S. The van der Waals surface area contributed by atoms with Crippen molar-refractivity contribution in [2.75, 3.05) is 0 Å². The van der Waals surface area contributed by atoms with Crippen molar-refractivity contribution in [3.63, 3.8) is 0 Å². The van der Waals surface area contributed by atoms with Crippen LogP contribution in [0.4, 0.5) is 0 Å². The molecule has 0 heterocycles. The van der Waals surface area contributed by atoms with E-state index in [1.165, 1.54) is 5.56 Å². The monoisotopic (exact) mass is 280 g/mol. The molecule has 0 spiro atoms. The molecule has 0 radical (unpaired) electrons. The predicted octanol–water partition coefficient (Wildman–Crippen LogP) is 3.81. The summed E-state index contributed by atoms with van der Waals surface area (Å²) in [6, 6.07) is 3.97. The van der Waals surface area contributed by atoms with Crippen molar-refractivity contribution < 1.29 is 0 Å². The molecule has 0 aliphatic heterocycles. The van der Waals surface area contributed by atoms with Crippen molar-refractivity contribution in [1.82, 2.24) is 0 Å². The van der Waals surface area contributed by atoms with Gasteiger partial charge in [-0.25, -0.2) is 0 Å². The zero-order valence-corrected chi connectivity index (χ0v) is 9.42. The van der Waals surface area contributed by atoms with E-state index in [0.29, 0.717) is 0 Å². The first kappa shape index (κ1) is 8.62. The summed E-state index contributed by atoms with van der Waals surface area (Å²) in [4.78, 5) is 0.979. The molecule has 0 aromatic heterocycles. The summed E-state index contributed by atoms with van der Waals surface area (Å²) in [5.41, 5.74) is 1.19. The molecule has 3 heteroatoms. The largest absolute Gasteiger partial charge is 0.143 e. The molecule has 0 bridgehead atoms. The number of halogens is 2. The molecule has 0 fully saturated rings. The van der Waals surface area contributed by atoms with Crippen molar-refractivity contribution >= 4 is 44.5 Å². The van der Waals surface area contributed by atoms with Gasteiger partial charge in [-0.05, 0) is 56.5 Å². The van der Waals surface area contributed by atoms with Gasteiger partial charge in [-0.3, -0.25) is 0 Å². The summed E-state index contributed by atoms with van der Waals surface area (Å²) in [6.45, 7) is 2.04. The van der Waals surface area contributed by atoms with Crippen LogP contribution in [-0.4, -0.2) is 0 Å². The summed E-state index contributed by atoms with van der Waals surface area (Å²) in [5.74, 6) is 0. The first-order chi connectivity index (χ1) is 4.61. The maximum Gasteiger partial charge on any atom is 0.0347 e. The summed E-state index contributed by atoms with van der Waals surface area (Å²) in [6.07, 6.45) is 0. The fraction of sp³-hybridized carbons (Fsp3) is 0.143. The average molecular weight is 282 g/mol. The molecule has 0 aliphatic rings. The summed E-state index contributed by atoms with van der Waals surface area (Å²) in [7, 11) is 0. The van der Waals surface area contributed by atoms with Crippen LogP contribution < -0.4 is 0 Å². The van der Waals surface area contributed by atoms with Crippen molar-refractivity contribution in [2.45, 2.75) is 11.8 Å². The highest BCUT2D eigenvalue weighted by atomic mass is 79.9. The lowest BCUT2D eigenvalue weighted by atomic mass is 10.2. The van der Waals surface area contributed by atoms with E-state index in [1.54, 1.807) is 0 Å². The molecule has 1 aromatic carbocycles. The van der Waals surface area contributed by atoms with Crippen LogP contribution in [0.2, 0.25) is 0 Å². The lowest BCUT2D eigenvalue weighted by Crippen LogP contribution is -1.77.